The Morgan fingerprint density at radius 1 is 0.460 bits per heavy atom. The first-order chi connectivity index (χ1) is 24.8. The van der Waals surface area contributed by atoms with E-state index in [1.54, 1.807) is 25.7 Å². The predicted molar refractivity (Wildman–Crippen MR) is 206 cm³/mol. The molecule has 2 heteroatoms. The minimum Gasteiger partial charge on any atom is -0.455 e. The van der Waals surface area contributed by atoms with Crippen molar-refractivity contribution in [2.24, 2.45) is 59.2 Å². The molecule has 8 atom stereocenters. The Bertz CT molecular complexity index is 2230. The first-order valence-corrected chi connectivity index (χ1v) is 20.7. The Kier molecular flexibility index (Phi) is 6.40. The quantitative estimate of drug-likeness (QED) is 0.181. The lowest BCUT2D eigenvalue weighted by molar-refractivity contribution is -0.192. The van der Waals surface area contributed by atoms with E-state index in [1.165, 1.54) is 101 Å². The van der Waals surface area contributed by atoms with Gasteiger partial charge in [-0.3, -0.25) is 0 Å². The predicted octanol–water partition coefficient (Wildman–Crippen LogP) is 13.2. The number of hydrogen-bond donors (Lipinski definition) is 0. The highest BCUT2D eigenvalue weighted by atomic mass is 16.3. The Morgan fingerprint density at radius 3 is 1.78 bits per heavy atom. The van der Waals surface area contributed by atoms with Crippen LogP contribution in [0.15, 0.2) is 89.3 Å². The minimum atomic E-state index is 0.607. The van der Waals surface area contributed by atoms with Gasteiger partial charge in [0.1, 0.15) is 11.2 Å². The van der Waals surface area contributed by atoms with Crippen LogP contribution in [-0.2, 0) is 0 Å². The van der Waals surface area contributed by atoms with Crippen molar-refractivity contribution in [2.45, 2.75) is 89.5 Å². The van der Waals surface area contributed by atoms with Crippen molar-refractivity contribution in [1.82, 2.24) is 4.57 Å². The van der Waals surface area contributed by atoms with Crippen LogP contribution in [0.2, 0.25) is 0 Å². The number of para-hydroxylation sites is 3. The zero-order valence-electron chi connectivity index (χ0n) is 29.5. The van der Waals surface area contributed by atoms with Gasteiger partial charge in [-0.2, -0.15) is 0 Å². The van der Waals surface area contributed by atoms with Gasteiger partial charge in [0.2, 0.25) is 0 Å². The summed E-state index contributed by atoms with van der Waals surface area (Å²) in [4.78, 5) is 0. The molecule has 0 N–H and O–H groups in total. The molecule has 12 rings (SSSR count). The molecule has 50 heavy (non-hydrogen) atoms. The van der Waals surface area contributed by atoms with Crippen LogP contribution < -0.4 is 0 Å². The molecule has 2 aromatic heterocycles. The summed E-state index contributed by atoms with van der Waals surface area (Å²) in [5, 5.41) is 5.25. The monoisotopic (exact) mass is 657 g/mol. The second-order valence-corrected chi connectivity index (χ2v) is 18.0. The summed E-state index contributed by atoms with van der Waals surface area (Å²) in [5.74, 6) is 10.1. The second-order valence-electron chi connectivity index (χ2n) is 18.0. The summed E-state index contributed by atoms with van der Waals surface area (Å²) in [6.45, 7) is 0. The first-order valence-electron chi connectivity index (χ1n) is 20.7. The summed E-state index contributed by atoms with van der Waals surface area (Å²) in [7, 11) is 0. The molecule has 6 aromatic rings. The molecule has 0 saturated heterocycles. The lowest BCUT2D eigenvalue weighted by atomic mass is 9.37. The molecule has 0 amide bonds. The van der Waals surface area contributed by atoms with Crippen LogP contribution in [-0.4, -0.2) is 4.57 Å². The highest BCUT2D eigenvalue weighted by molar-refractivity contribution is 6.12. The molecular formula is C48H51NO. The van der Waals surface area contributed by atoms with E-state index < -0.39 is 0 Å². The summed E-state index contributed by atoms with van der Waals surface area (Å²) in [5.41, 5.74) is 7.36. The van der Waals surface area contributed by atoms with Gasteiger partial charge in [0.15, 0.2) is 0 Å². The minimum absolute atomic E-state index is 0.607. The summed E-state index contributed by atoms with van der Waals surface area (Å²) < 4.78 is 9.43. The fourth-order valence-corrected chi connectivity index (χ4v) is 15.0. The maximum atomic E-state index is 6.54. The fourth-order valence-electron chi connectivity index (χ4n) is 15.0. The zero-order chi connectivity index (χ0) is 32.5. The van der Waals surface area contributed by atoms with Crippen molar-refractivity contribution in [1.29, 1.82) is 0 Å². The summed E-state index contributed by atoms with van der Waals surface area (Å²) in [6, 6.07) is 32.6. The second kappa shape index (κ2) is 11.0. The molecule has 8 unspecified atom stereocenters. The van der Waals surface area contributed by atoms with Crippen molar-refractivity contribution >= 4 is 43.7 Å². The number of aromatic nitrogens is 1. The lowest BCUT2D eigenvalue weighted by Gasteiger charge is -2.68. The molecular weight excluding hydrogens is 607 g/mol. The standard InChI is InChI=1S/C48H51NO/c1-3-13-33-31(11-1)37-18-10-19-38-32-12-2-4-14-34(32)42-27-29(26-41(33)47(42)46(37)38)49-43-21-7-5-15-35(43)40-25-28(23-24-44(40)49)30-17-9-20-39-36-16-6-8-22-45(36)50-48(30)39/h5-9,15-17,20-25,29,31-34,37-38,41-42,46-47H,1-4,10-14,18-19,26-27H2. The molecule has 4 aromatic carbocycles. The molecule has 2 nitrogen and oxygen atoms in total. The highest BCUT2D eigenvalue weighted by Crippen LogP contribution is 2.70. The van der Waals surface area contributed by atoms with E-state index in [9.17, 15) is 0 Å². The Hall–Kier alpha value is -3.52. The molecule has 0 bridgehead atoms. The first kappa shape index (κ1) is 29.1. The van der Waals surface area contributed by atoms with Crippen LogP contribution in [0.4, 0.5) is 0 Å². The number of fused-ring (bicyclic) bond motifs is 12. The van der Waals surface area contributed by atoms with E-state index in [2.05, 4.69) is 89.5 Å². The zero-order valence-corrected chi connectivity index (χ0v) is 29.5. The number of furan rings is 1. The summed E-state index contributed by atoms with van der Waals surface area (Å²) in [6.07, 6.45) is 19.6. The van der Waals surface area contributed by atoms with E-state index >= 15 is 0 Å². The van der Waals surface area contributed by atoms with Crippen molar-refractivity contribution < 1.29 is 4.42 Å². The Balaban J connectivity index is 1.01. The van der Waals surface area contributed by atoms with Gasteiger partial charge in [-0.1, -0.05) is 92.8 Å². The third-order valence-corrected chi connectivity index (χ3v) is 16.3. The van der Waals surface area contributed by atoms with Crippen molar-refractivity contribution in [3.05, 3.63) is 84.9 Å². The average molecular weight is 658 g/mol. The summed E-state index contributed by atoms with van der Waals surface area (Å²) >= 11 is 0. The average Bonchev–Trinajstić information content (AvgIpc) is 3.73. The number of hydrogen-bond acceptors (Lipinski definition) is 1. The van der Waals surface area contributed by atoms with Gasteiger partial charge >= 0.3 is 0 Å². The molecule has 0 aliphatic heterocycles. The van der Waals surface area contributed by atoms with E-state index in [0.29, 0.717) is 6.04 Å². The van der Waals surface area contributed by atoms with Crippen LogP contribution in [0.1, 0.15) is 89.5 Å². The van der Waals surface area contributed by atoms with Crippen molar-refractivity contribution in [2.75, 3.05) is 0 Å². The molecule has 6 aliphatic rings. The highest BCUT2D eigenvalue weighted by Gasteiger charge is 2.63. The fraction of sp³-hybridized carbons (Fsp3) is 0.500. The third kappa shape index (κ3) is 3.97. The number of benzene rings is 4. The normalized spacial score (nSPS) is 36.4. The van der Waals surface area contributed by atoms with E-state index in [0.717, 1.165) is 70.3 Å². The van der Waals surface area contributed by atoms with Crippen molar-refractivity contribution in [3.8, 4) is 11.1 Å². The largest absolute Gasteiger partial charge is 0.455 e. The van der Waals surface area contributed by atoms with E-state index in [1.807, 2.05) is 0 Å². The van der Waals surface area contributed by atoms with Crippen LogP contribution in [0.3, 0.4) is 0 Å². The lowest BCUT2D eigenvalue weighted by Crippen LogP contribution is -2.62. The third-order valence-electron chi connectivity index (χ3n) is 16.3. The molecule has 2 heterocycles. The topological polar surface area (TPSA) is 18.1 Å². The van der Waals surface area contributed by atoms with Crippen LogP contribution in [0.5, 0.6) is 0 Å². The number of nitrogens with zero attached hydrogens (tertiary/aromatic N) is 1. The molecule has 0 radical (unpaired) electrons. The maximum absolute atomic E-state index is 6.54. The molecule has 0 spiro atoms. The van der Waals surface area contributed by atoms with Crippen LogP contribution in [0.25, 0.3) is 54.9 Å². The van der Waals surface area contributed by atoms with Crippen molar-refractivity contribution in [3.63, 3.8) is 0 Å². The SMILES string of the molecule is c1ccc2c(c1)oc1c(-c3ccc4c(c3)c3ccccc3n4C3CC4C5CCCCC5C5CCCC6C7CCCCC7C(C3)C4C56)cccc12. The van der Waals surface area contributed by atoms with Gasteiger partial charge in [0.05, 0.1) is 0 Å². The number of rotatable bonds is 2. The molecule has 6 saturated carbocycles. The van der Waals surface area contributed by atoms with E-state index in [-0.39, 0.29) is 0 Å². The Morgan fingerprint density at radius 2 is 1.04 bits per heavy atom. The Labute approximate surface area is 296 Å². The maximum Gasteiger partial charge on any atom is 0.143 e. The molecule has 6 aliphatic carbocycles. The van der Waals surface area contributed by atoms with Gasteiger partial charge in [0, 0.05) is 44.2 Å². The van der Waals surface area contributed by atoms with Crippen LogP contribution >= 0.6 is 0 Å². The van der Waals surface area contributed by atoms with Gasteiger partial charge in [-0.05, 0) is 140 Å². The van der Waals surface area contributed by atoms with Gasteiger partial charge in [-0.15, -0.1) is 0 Å². The van der Waals surface area contributed by atoms with Gasteiger partial charge in [-0.25, -0.2) is 0 Å². The van der Waals surface area contributed by atoms with Gasteiger partial charge < -0.3 is 8.98 Å². The van der Waals surface area contributed by atoms with Gasteiger partial charge in [0.25, 0.3) is 0 Å². The van der Waals surface area contributed by atoms with Crippen LogP contribution in [0, 0.1) is 59.2 Å². The molecule has 6 fully saturated rings. The molecule has 254 valence electrons. The van der Waals surface area contributed by atoms with E-state index in [4.69, 9.17) is 4.42 Å². The smallest absolute Gasteiger partial charge is 0.143 e.